The van der Waals surface area contributed by atoms with E-state index in [2.05, 4.69) is 43.8 Å². The Bertz CT molecular complexity index is 1160. The molecule has 1 aromatic carbocycles. The minimum absolute atomic E-state index is 0.123. The molecule has 0 saturated heterocycles. The molecule has 0 bridgehead atoms. The normalized spacial score (nSPS) is 14.6. The van der Waals surface area contributed by atoms with Gasteiger partial charge in [-0.3, -0.25) is 14.7 Å². The molecule has 2 aromatic heterocycles. The first-order valence-electron chi connectivity index (χ1n) is 12.1. The van der Waals surface area contributed by atoms with Crippen molar-refractivity contribution in [3.05, 3.63) is 59.4 Å². The van der Waals surface area contributed by atoms with E-state index in [0.29, 0.717) is 24.5 Å². The zero-order valence-corrected chi connectivity index (χ0v) is 21.5. The lowest BCUT2D eigenvalue weighted by Crippen LogP contribution is -2.34. The van der Waals surface area contributed by atoms with E-state index in [1.165, 1.54) is 0 Å². The molecule has 0 saturated carbocycles. The highest BCUT2D eigenvalue weighted by Crippen LogP contribution is 2.35. The van der Waals surface area contributed by atoms with Crippen molar-refractivity contribution in [2.45, 2.75) is 39.4 Å². The average Bonchev–Trinajstić information content (AvgIpc) is 3.19. The molecule has 1 unspecified atom stereocenters. The second-order valence-electron chi connectivity index (χ2n) is 9.07. The van der Waals surface area contributed by atoms with Crippen LogP contribution in [0.3, 0.4) is 0 Å². The number of hydrogen-bond donors (Lipinski definition) is 1. The second kappa shape index (κ2) is 11.4. The quantitative estimate of drug-likeness (QED) is 0.484. The summed E-state index contributed by atoms with van der Waals surface area (Å²) in [6.07, 6.45) is 2.36. The van der Waals surface area contributed by atoms with Crippen molar-refractivity contribution in [1.82, 2.24) is 30.0 Å². The Morgan fingerprint density at radius 1 is 1.03 bits per heavy atom. The number of nitrogens with one attached hydrogen (secondary N) is 1. The van der Waals surface area contributed by atoms with E-state index in [0.717, 1.165) is 48.2 Å². The van der Waals surface area contributed by atoms with Gasteiger partial charge >= 0.3 is 0 Å². The Balaban J connectivity index is 1.52. The molecule has 1 aliphatic heterocycles. The minimum atomic E-state index is -0.283. The van der Waals surface area contributed by atoms with Crippen LogP contribution in [0.15, 0.2) is 36.5 Å². The molecular weight excluding hydrogens is 460 g/mol. The number of carbonyl (C=O) groups excluding carboxylic acids is 1. The number of carbonyl (C=O) groups is 1. The van der Waals surface area contributed by atoms with Gasteiger partial charge in [0.1, 0.15) is 28.8 Å². The molecular formula is C26H34N6O4. The molecule has 0 fully saturated rings. The first kappa shape index (κ1) is 25.4. The van der Waals surface area contributed by atoms with Crippen LogP contribution in [-0.4, -0.2) is 65.0 Å². The third-order valence-corrected chi connectivity index (χ3v) is 6.48. The molecule has 0 spiro atoms. The summed E-state index contributed by atoms with van der Waals surface area (Å²) in [7, 11) is 4.93. The summed E-state index contributed by atoms with van der Waals surface area (Å²) in [4.78, 5) is 19.4. The van der Waals surface area contributed by atoms with Gasteiger partial charge in [-0.1, -0.05) is 19.9 Å². The molecule has 1 atom stereocenters. The highest BCUT2D eigenvalue weighted by Gasteiger charge is 2.28. The van der Waals surface area contributed by atoms with Gasteiger partial charge in [0.05, 0.1) is 32.9 Å². The van der Waals surface area contributed by atoms with Gasteiger partial charge in [0.15, 0.2) is 5.82 Å². The Hall–Kier alpha value is -3.66. The van der Waals surface area contributed by atoms with E-state index in [9.17, 15) is 4.79 Å². The van der Waals surface area contributed by atoms with Crippen LogP contribution in [-0.2, 0) is 19.5 Å². The van der Waals surface area contributed by atoms with Gasteiger partial charge in [0.25, 0.3) is 5.91 Å². The maximum Gasteiger partial charge on any atom is 0.270 e. The number of ether oxygens (including phenoxy) is 3. The van der Waals surface area contributed by atoms with Gasteiger partial charge in [0, 0.05) is 50.9 Å². The minimum Gasteiger partial charge on any atom is -0.496 e. The lowest BCUT2D eigenvalue weighted by Gasteiger charge is -2.24. The number of hydrogen-bond acceptors (Lipinski definition) is 8. The first-order chi connectivity index (χ1) is 17.4. The smallest absolute Gasteiger partial charge is 0.270 e. The van der Waals surface area contributed by atoms with Crippen LogP contribution in [0.5, 0.6) is 17.2 Å². The van der Waals surface area contributed by atoms with E-state index in [1.54, 1.807) is 45.7 Å². The van der Waals surface area contributed by atoms with E-state index in [1.807, 2.05) is 12.1 Å². The van der Waals surface area contributed by atoms with Crippen LogP contribution in [0, 0.1) is 5.92 Å². The lowest BCUT2D eigenvalue weighted by molar-refractivity contribution is 0.0916. The molecule has 36 heavy (non-hydrogen) atoms. The van der Waals surface area contributed by atoms with Crippen molar-refractivity contribution in [3.8, 4) is 17.2 Å². The van der Waals surface area contributed by atoms with Gasteiger partial charge < -0.3 is 24.1 Å². The van der Waals surface area contributed by atoms with Gasteiger partial charge in [-0.05, 0) is 18.1 Å². The molecule has 1 N–H and O–H groups in total. The zero-order chi connectivity index (χ0) is 25.7. The largest absolute Gasteiger partial charge is 0.496 e. The monoisotopic (exact) mass is 494 g/mol. The van der Waals surface area contributed by atoms with E-state index in [-0.39, 0.29) is 17.9 Å². The lowest BCUT2D eigenvalue weighted by atomic mass is 10.0. The van der Waals surface area contributed by atoms with Crippen LogP contribution in [0.4, 0.5) is 0 Å². The number of methoxy groups -OCH3 is 3. The maximum atomic E-state index is 12.8. The fraction of sp³-hybridized carbons (Fsp3) is 0.462. The SMILES string of the molecule is COc1cc(OC)c(CN2CCc3nnc(C(NC(=O)c4ccccn4)C(C)C)n3CC2)c(OC)c1. The van der Waals surface area contributed by atoms with E-state index >= 15 is 0 Å². The van der Waals surface area contributed by atoms with Crippen molar-refractivity contribution in [2.24, 2.45) is 5.92 Å². The van der Waals surface area contributed by atoms with E-state index in [4.69, 9.17) is 14.2 Å². The predicted octanol–water partition coefficient (Wildman–Crippen LogP) is 2.88. The fourth-order valence-corrected chi connectivity index (χ4v) is 4.48. The fourth-order valence-electron chi connectivity index (χ4n) is 4.48. The van der Waals surface area contributed by atoms with Crippen molar-refractivity contribution < 1.29 is 19.0 Å². The molecule has 3 aromatic rings. The molecule has 3 heterocycles. The van der Waals surface area contributed by atoms with Crippen molar-refractivity contribution in [2.75, 3.05) is 34.4 Å². The Morgan fingerprint density at radius 3 is 2.39 bits per heavy atom. The van der Waals surface area contributed by atoms with Gasteiger partial charge in [-0.2, -0.15) is 0 Å². The number of aromatic nitrogens is 4. The van der Waals surface area contributed by atoms with Gasteiger partial charge in [0.2, 0.25) is 0 Å². The molecule has 192 valence electrons. The van der Waals surface area contributed by atoms with Crippen LogP contribution in [0.25, 0.3) is 0 Å². The number of pyridine rings is 1. The maximum absolute atomic E-state index is 12.8. The molecule has 4 rings (SSSR count). The second-order valence-corrected chi connectivity index (χ2v) is 9.07. The Kier molecular flexibility index (Phi) is 8.04. The zero-order valence-electron chi connectivity index (χ0n) is 21.5. The Morgan fingerprint density at radius 2 is 1.78 bits per heavy atom. The number of fused-ring (bicyclic) bond motifs is 1. The third-order valence-electron chi connectivity index (χ3n) is 6.48. The number of nitrogens with zero attached hydrogens (tertiary/aromatic N) is 5. The topological polar surface area (TPSA) is 104 Å². The Labute approximate surface area is 211 Å². The summed E-state index contributed by atoms with van der Waals surface area (Å²) in [5, 5.41) is 12.1. The van der Waals surface area contributed by atoms with Crippen LogP contribution < -0.4 is 19.5 Å². The van der Waals surface area contributed by atoms with Crippen molar-refractivity contribution in [3.63, 3.8) is 0 Å². The molecule has 0 aliphatic carbocycles. The van der Waals surface area contributed by atoms with Crippen molar-refractivity contribution >= 4 is 5.91 Å². The molecule has 10 heteroatoms. The van der Waals surface area contributed by atoms with Crippen LogP contribution in [0.1, 0.15) is 47.6 Å². The molecule has 0 radical (unpaired) electrons. The highest BCUT2D eigenvalue weighted by molar-refractivity contribution is 5.92. The van der Waals surface area contributed by atoms with Crippen LogP contribution in [0.2, 0.25) is 0 Å². The summed E-state index contributed by atoms with van der Waals surface area (Å²) in [6.45, 7) is 7.10. The van der Waals surface area contributed by atoms with Gasteiger partial charge in [-0.25, -0.2) is 0 Å². The highest BCUT2D eigenvalue weighted by atomic mass is 16.5. The molecule has 1 amide bonds. The average molecular weight is 495 g/mol. The van der Waals surface area contributed by atoms with E-state index < -0.39 is 0 Å². The summed E-state index contributed by atoms with van der Waals surface area (Å²) in [5.74, 6) is 3.73. The van der Waals surface area contributed by atoms with Crippen molar-refractivity contribution in [1.29, 1.82) is 0 Å². The molecule has 10 nitrogen and oxygen atoms in total. The standard InChI is InChI=1S/C26H34N6O4/c1-17(2)24(28-26(33)20-8-6-7-10-27-20)25-30-29-23-9-11-31(12-13-32(23)25)16-19-21(35-4)14-18(34-3)15-22(19)36-5/h6-8,10,14-15,17,24H,9,11-13,16H2,1-5H3,(H,28,33). The number of amides is 1. The summed E-state index contributed by atoms with van der Waals surface area (Å²) in [6, 6.07) is 8.76. The summed E-state index contributed by atoms with van der Waals surface area (Å²) in [5.41, 5.74) is 1.36. The number of benzene rings is 1. The number of rotatable bonds is 9. The predicted molar refractivity (Wildman–Crippen MR) is 134 cm³/mol. The summed E-state index contributed by atoms with van der Waals surface area (Å²) >= 11 is 0. The van der Waals surface area contributed by atoms with Gasteiger partial charge in [-0.15, -0.1) is 10.2 Å². The molecule has 1 aliphatic rings. The third kappa shape index (κ3) is 5.43. The first-order valence-corrected chi connectivity index (χ1v) is 12.1. The van der Waals surface area contributed by atoms with Crippen LogP contribution >= 0.6 is 0 Å². The summed E-state index contributed by atoms with van der Waals surface area (Å²) < 4.78 is 18.8.